The molecule has 2 N–H and O–H groups in total. The summed E-state index contributed by atoms with van der Waals surface area (Å²) in [7, 11) is 0. The first-order valence-electron chi connectivity index (χ1n) is 4.40. The molecular weight excluding hydrogens is 162 g/mol. The van der Waals surface area contributed by atoms with Crippen molar-refractivity contribution in [1.82, 2.24) is 4.98 Å². The fraction of sp³-hybridized carbons (Fsp3) is 0.273. The third kappa shape index (κ3) is 1.33. The van der Waals surface area contributed by atoms with Crippen LogP contribution in [0.1, 0.15) is 16.8 Å². The largest absolute Gasteiger partial charge is 0.390 e. The molecule has 1 aromatic carbocycles. The lowest BCUT2D eigenvalue weighted by molar-refractivity contribution is 0.278. The second kappa shape index (κ2) is 2.89. The lowest BCUT2D eigenvalue weighted by Crippen LogP contribution is -1.79. The van der Waals surface area contributed by atoms with Crippen LogP contribution in [0.15, 0.2) is 18.2 Å². The minimum absolute atomic E-state index is 0.0766. The highest BCUT2D eigenvalue weighted by Gasteiger charge is 2.02. The number of H-pyrrole nitrogens is 1. The van der Waals surface area contributed by atoms with Crippen molar-refractivity contribution in [2.45, 2.75) is 20.5 Å². The second-order valence-corrected chi connectivity index (χ2v) is 3.50. The molecule has 2 nitrogen and oxygen atoms in total. The van der Waals surface area contributed by atoms with Crippen molar-refractivity contribution < 1.29 is 5.11 Å². The lowest BCUT2D eigenvalue weighted by atomic mass is 10.1. The van der Waals surface area contributed by atoms with Gasteiger partial charge in [-0.2, -0.15) is 0 Å². The van der Waals surface area contributed by atoms with Crippen LogP contribution in [-0.4, -0.2) is 10.1 Å². The van der Waals surface area contributed by atoms with Crippen LogP contribution in [-0.2, 0) is 6.61 Å². The molecule has 2 heteroatoms. The van der Waals surface area contributed by atoms with Gasteiger partial charge in [0.15, 0.2) is 0 Å². The fourth-order valence-electron chi connectivity index (χ4n) is 1.74. The summed E-state index contributed by atoms with van der Waals surface area (Å²) in [6.07, 6.45) is 0. The normalized spacial score (nSPS) is 11.0. The highest BCUT2D eigenvalue weighted by molar-refractivity contribution is 5.84. The Balaban J connectivity index is 2.75. The smallest absolute Gasteiger partial charge is 0.0831 e. The van der Waals surface area contributed by atoms with E-state index < -0.39 is 0 Å². The molecule has 2 aromatic rings. The van der Waals surface area contributed by atoms with E-state index in [9.17, 15) is 0 Å². The predicted molar refractivity (Wildman–Crippen MR) is 53.7 cm³/mol. The zero-order valence-electron chi connectivity index (χ0n) is 7.89. The molecule has 0 saturated heterocycles. The third-order valence-corrected chi connectivity index (χ3v) is 2.32. The molecule has 0 bridgehead atoms. The fourth-order valence-corrected chi connectivity index (χ4v) is 1.74. The van der Waals surface area contributed by atoms with E-state index in [0.29, 0.717) is 0 Å². The van der Waals surface area contributed by atoms with Gasteiger partial charge in [0.1, 0.15) is 0 Å². The average Bonchev–Trinajstić information content (AvgIpc) is 2.47. The summed E-state index contributed by atoms with van der Waals surface area (Å²) < 4.78 is 0. The number of rotatable bonds is 1. The van der Waals surface area contributed by atoms with Crippen LogP contribution < -0.4 is 0 Å². The molecule has 68 valence electrons. The summed E-state index contributed by atoms with van der Waals surface area (Å²) in [5.74, 6) is 0. The maximum absolute atomic E-state index is 8.97. The van der Waals surface area contributed by atoms with Crippen molar-refractivity contribution in [3.05, 3.63) is 35.0 Å². The van der Waals surface area contributed by atoms with Gasteiger partial charge in [-0.05, 0) is 37.1 Å². The third-order valence-electron chi connectivity index (χ3n) is 2.32. The number of aromatic nitrogens is 1. The van der Waals surface area contributed by atoms with Crippen LogP contribution >= 0.6 is 0 Å². The van der Waals surface area contributed by atoms with E-state index >= 15 is 0 Å². The van der Waals surface area contributed by atoms with Crippen LogP contribution in [0.3, 0.4) is 0 Å². The Kier molecular flexibility index (Phi) is 1.85. The molecule has 1 aromatic heterocycles. The van der Waals surface area contributed by atoms with Crippen LogP contribution in [0.5, 0.6) is 0 Å². The number of aryl methyl sites for hydroxylation is 2. The molecule has 0 radical (unpaired) electrons. The Bertz CT molecular complexity index is 443. The molecule has 0 aliphatic heterocycles. The Labute approximate surface area is 77.2 Å². The molecule has 1 heterocycles. The number of aliphatic hydroxyl groups excluding tert-OH is 1. The Morgan fingerprint density at radius 1 is 1.23 bits per heavy atom. The van der Waals surface area contributed by atoms with E-state index in [4.69, 9.17) is 5.11 Å². The van der Waals surface area contributed by atoms with E-state index in [1.54, 1.807) is 0 Å². The molecule has 0 saturated carbocycles. The second-order valence-electron chi connectivity index (χ2n) is 3.50. The van der Waals surface area contributed by atoms with E-state index in [-0.39, 0.29) is 6.61 Å². The van der Waals surface area contributed by atoms with Crippen LogP contribution in [0.2, 0.25) is 0 Å². The van der Waals surface area contributed by atoms with Crippen LogP contribution in [0.4, 0.5) is 0 Å². The molecule has 0 aliphatic carbocycles. The number of nitrogens with one attached hydrogen (secondary N) is 1. The van der Waals surface area contributed by atoms with Gasteiger partial charge in [0, 0.05) is 16.6 Å². The molecule has 0 unspecified atom stereocenters. The Morgan fingerprint density at radius 2 is 2.00 bits per heavy atom. The van der Waals surface area contributed by atoms with Crippen molar-refractivity contribution in [2.24, 2.45) is 0 Å². The summed E-state index contributed by atoms with van der Waals surface area (Å²) in [6, 6.07) is 6.25. The molecule has 2 rings (SSSR count). The minimum atomic E-state index is 0.0766. The summed E-state index contributed by atoms with van der Waals surface area (Å²) in [5, 5.41) is 10.2. The average molecular weight is 175 g/mol. The topological polar surface area (TPSA) is 36.0 Å². The van der Waals surface area contributed by atoms with Gasteiger partial charge in [-0.1, -0.05) is 6.07 Å². The van der Waals surface area contributed by atoms with Gasteiger partial charge in [0.05, 0.1) is 6.61 Å². The molecule has 13 heavy (non-hydrogen) atoms. The maximum atomic E-state index is 8.97. The summed E-state index contributed by atoms with van der Waals surface area (Å²) in [4.78, 5) is 3.18. The first-order chi connectivity index (χ1) is 6.20. The van der Waals surface area contributed by atoms with E-state index in [0.717, 1.165) is 11.2 Å². The van der Waals surface area contributed by atoms with Crippen molar-refractivity contribution >= 4 is 10.9 Å². The van der Waals surface area contributed by atoms with Crippen molar-refractivity contribution in [1.29, 1.82) is 0 Å². The zero-order chi connectivity index (χ0) is 9.42. The number of aliphatic hydroxyl groups is 1. The highest BCUT2D eigenvalue weighted by atomic mass is 16.3. The van der Waals surface area contributed by atoms with Crippen molar-refractivity contribution in [2.75, 3.05) is 0 Å². The number of benzene rings is 1. The zero-order valence-corrected chi connectivity index (χ0v) is 7.89. The molecular formula is C11H13NO. The maximum Gasteiger partial charge on any atom is 0.0831 e. The molecule has 0 aliphatic rings. The van der Waals surface area contributed by atoms with Gasteiger partial charge < -0.3 is 10.1 Å². The molecule has 0 amide bonds. The SMILES string of the molecule is Cc1cc(C)c2cc(CO)[nH]c2c1. The molecule has 0 fully saturated rings. The van der Waals surface area contributed by atoms with E-state index in [1.807, 2.05) is 6.07 Å². The number of hydrogen-bond acceptors (Lipinski definition) is 1. The van der Waals surface area contributed by atoms with Gasteiger partial charge in [-0.15, -0.1) is 0 Å². The van der Waals surface area contributed by atoms with Crippen LogP contribution in [0, 0.1) is 13.8 Å². The van der Waals surface area contributed by atoms with Crippen LogP contribution in [0.25, 0.3) is 10.9 Å². The van der Waals surface area contributed by atoms with Gasteiger partial charge in [0.25, 0.3) is 0 Å². The van der Waals surface area contributed by atoms with E-state index in [1.165, 1.54) is 16.5 Å². The lowest BCUT2D eigenvalue weighted by Gasteiger charge is -1.97. The quantitative estimate of drug-likeness (QED) is 0.685. The monoisotopic (exact) mass is 175 g/mol. The van der Waals surface area contributed by atoms with Crippen molar-refractivity contribution in [3.8, 4) is 0 Å². The molecule has 0 atom stereocenters. The van der Waals surface area contributed by atoms with Gasteiger partial charge in [-0.25, -0.2) is 0 Å². The summed E-state index contributed by atoms with van der Waals surface area (Å²) in [6.45, 7) is 4.24. The first kappa shape index (κ1) is 8.32. The number of aromatic amines is 1. The van der Waals surface area contributed by atoms with Gasteiger partial charge in [0.2, 0.25) is 0 Å². The standard InChI is InChI=1S/C11H13NO/c1-7-3-8(2)10-5-9(6-13)12-11(10)4-7/h3-5,12-13H,6H2,1-2H3. The van der Waals surface area contributed by atoms with Gasteiger partial charge >= 0.3 is 0 Å². The predicted octanol–water partition coefficient (Wildman–Crippen LogP) is 2.28. The highest BCUT2D eigenvalue weighted by Crippen LogP contribution is 2.21. The Morgan fingerprint density at radius 3 is 2.69 bits per heavy atom. The van der Waals surface area contributed by atoms with Crippen molar-refractivity contribution in [3.63, 3.8) is 0 Å². The number of hydrogen-bond donors (Lipinski definition) is 2. The minimum Gasteiger partial charge on any atom is -0.390 e. The molecule has 0 spiro atoms. The number of fused-ring (bicyclic) bond motifs is 1. The Hall–Kier alpha value is -1.28. The summed E-state index contributed by atoms with van der Waals surface area (Å²) >= 11 is 0. The summed E-state index contributed by atoms with van der Waals surface area (Å²) in [5.41, 5.74) is 4.49. The first-order valence-corrected chi connectivity index (χ1v) is 4.40. The van der Waals surface area contributed by atoms with E-state index in [2.05, 4.69) is 31.0 Å². The van der Waals surface area contributed by atoms with Gasteiger partial charge in [-0.3, -0.25) is 0 Å².